The molecule has 12 nitrogen and oxygen atoms in total. The predicted molar refractivity (Wildman–Crippen MR) is 186 cm³/mol. The highest BCUT2D eigenvalue weighted by Crippen LogP contribution is 2.32. The van der Waals surface area contributed by atoms with Crippen molar-refractivity contribution in [1.82, 2.24) is 19.9 Å². The summed E-state index contributed by atoms with van der Waals surface area (Å²) in [7, 11) is 0. The summed E-state index contributed by atoms with van der Waals surface area (Å²) in [6.07, 6.45) is 15.8. The predicted octanol–water partition coefficient (Wildman–Crippen LogP) is 6.87. The van der Waals surface area contributed by atoms with E-state index in [1.165, 1.54) is 24.8 Å². The lowest BCUT2D eigenvalue weighted by atomic mass is 10.1. The summed E-state index contributed by atoms with van der Waals surface area (Å²) in [6.45, 7) is 0. The first-order valence-electron chi connectivity index (χ1n) is 15.0. The third-order valence-corrected chi connectivity index (χ3v) is 6.86. The highest BCUT2D eigenvalue weighted by Gasteiger charge is 2.16. The number of benzene rings is 2. The van der Waals surface area contributed by atoms with Crippen LogP contribution in [0.4, 0.5) is 0 Å². The number of pyridine rings is 4. The molecule has 0 saturated heterocycles. The average Bonchev–Trinajstić information content (AvgIpc) is 3.16. The van der Waals surface area contributed by atoms with E-state index in [0.717, 1.165) is 0 Å². The van der Waals surface area contributed by atoms with Gasteiger partial charge in [-0.1, -0.05) is 18.2 Å². The van der Waals surface area contributed by atoms with E-state index in [9.17, 15) is 4.79 Å². The van der Waals surface area contributed by atoms with Crippen LogP contribution < -0.4 is 18.9 Å². The number of hydrogen-bond donors (Lipinski definition) is 3. The van der Waals surface area contributed by atoms with Crippen molar-refractivity contribution in [1.29, 1.82) is 16.2 Å². The molecule has 6 aromatic rings. The Balaban J connectivity index is 1.30. The Labute approximate surface area is 286 Å². The van der Waals surface area contributed by atoms with E-state index in [1.54, 1.807) is 122 Å². The van der Waals surface area contributed by atoms with Crippen molar-refractivity contribution in [2.24, 2.45) is 0 Å². The topological polar surface area (TPSA) is 177 Å². The number of nitrogens with one attached hydrogen (secondary N) is 3. The summed E-state index contributed by atoms with van der Waals surface area (Å²) in [4.78, 5) is 29.0. The number of esters is 1. The Hall–Kier alpha value is -7.34. The van der Waals surface area contributed by atoms with E-state index in [4.69, 9.17) is 35.2 Å². The zero-order chi connectivity index (χ0) is 34.7. The summed E-state index contributed by atoms with van der Waals surface area (Å²) in [5, 5.41) is 25.4. The zero-order valence-electron chi connectivity index (χ0n) is 26.2. The van der Waals surface area contributed by atoms with Gasteiger partial charge < -0.3 is 18.9 Å². The van der Waals surface area contributed by atoms with Gasteiger partial charge in [0.15, 0.2) is 11.5 Å². The van der Waals surface area contributed by atoms with Crippen LogP contribution in [0.3, 0.4) is 0 Å². The van der Waals surface area contributed by atoms with E-state index >= 15 is 0 Å². The highest BCUT2D eigenvalue weighted by atomic mass is 16.6. The first kappa shape index (κ1) is 32.6. The number of carbonyl (C=O) groups is 1. The molecule has 2 aromatic carbocycles. The van der Waals surface area contributed by atoms with Crippen molar-refractivity contribution in [3.8, 4) is 23.0 Å². The minimum atomic E-state index is -0.641. The third kappa shape index (κ3) is 8.52. The van der Waals surface area contributed by atoms with Gasteiger partial charge in [0.05, 0.1) is 22.3 Å². The molecule has 0 fully saturated rings. The molecule has 4 heterocycles. The maximum atomic E-state index is 12.9. The molecule has 244 valence electrons. The number of carbonyl (C=O) groups excluding carboxylic acids is 1. The van der Waals surface area contributed by atoms with Crippen molar-refractivity contribution in [2.45, 2.75) is 0 Å². The molecule has 0 aliphatic heterocycles. The fourth-order valence-electron chi connectivity index (χ4n) is 4.45. The molecule has 3 N–H and O–H groups in total. The molecule has 0 aliphatic carbocycles. The molecule has 0 bridgehead atoms. The van der Waals surface area contributed by atoms with E-state index in [1.807, 2.05) is 0 Å². The second kappa shape index (κ2) is 15.5. The minimum absolute atomic E-state index is 0.0959. The highest BCUT2D eigenvalue weighted by molar-refractivity contribution is 5.95. The Morgan fingerprint density at radius 2 is 0.940 bits per heavy atom. The average molecular weight is 662 g/mol. The second-order valence-electron chi connectivity index (χ2n) is 10.4. The van der Waals surface area contributed by atoms with Crippen LogP contribution >= 0.6 is 0 Å². The van der Waals surface area contributed by atoms with Gasteiger partial charge in [0.2, 0.25) is 17.7 Å². The van der Waals surface area contributed by atoms with Crippen LogP contribution in [0.2, 0.25) is 0 Å². The van der Waals surface area contributed by atoms with Crippen LogP contribution in [0, 0.1) is 16.2 Å². The lowest BCUT2D eigenvalue weighted by Gasteiger charge is -2.13. The number of aromatic nitrogens is 4. The third-order valence-electron chi connectivity index (χ3n) is 6.86. The standard InChI is InChI=1S/C38H27N7O5/c39-35(27-5-1-13-42-21-27)47-31-17-26(18-32(20-31)48-36(40)28-6-2-14-43-22-28)10-9-25-11-12-33(50-38(46)30-8-4-16-45-24-30)34(19-25)49-37(41)29-7-3-15-44-23-29/h1-24,39-41H/b10-9+,39-35?,40-36?,41-37?. The molecular formula is C38H27N7O5. The van der Waals surface area contributed by atoms with Crippen LogP contribution in [-0.2, 0) is 0 Å². The van der Waals surface area contributed by atoms with Gasteiger partial charge in [-0.2, -0.15) is 0 Å². The first-order valence-corrected chi connectivity index (χ1v) is 15.0. The van der Waals surface area contributed by atoms with Crippen molar-refractivity contribution >= 4 is 35.8 Å². The van der Waals surface area contributed by atoms with Gasteiger partial charge in [0.1, 0.15) is 11.5 Å². The number of hydrogen-bond acceptors (Lipinski definition) is 12. The van der Waals surface area contributed by atoms with Gasteiger partial charge in [-0.3, -0.25) is 36.2 Å². The van der Waals surface area contributed by atoms with E-state index in [0.29, 0.717) is 39.3 Å². The van der Waals surface area contributed by atoms with Crippen molar-refractivity contribution in [2.75, 3.05) is 0 Å². The van der Waals surface area contributed by atoms with Crippen LogP contribution in [0.1, 0.15) is 38.2 Å². The minimum Gasteiger partial charge on any atom is -0.439 e. The van der Waals surface area contributed by atoms with Gasteiger partial charge in [-0.15, -0.1) is 0 Å². The van der Waals surface area contributed by atoms with Crippen LogP contribution in [0.5, 0.6) is 23.0 Å². The quantitative estimate of drug-likeness (QED) is 0.0465. The molecule has 4 aromatic heterocycles. The van der Waals surface area contributed by atoms with E-state index < -0.39 is 5.97 Å². The Kier molecular flexibility index (Phi) is 10.1. The molecule has 12 heteroatoms. The van der Waals surface area contributed by atoms with Gasteiger partial charge in [-0.25, -0.2) is 4.79 Å². The number of nitrogens with zero attached hydrogens (tertiary/aromatic N) is 4. The molecule has 0 aliphatic rings. The van der Waals surface area contributed by atoms with E-state index in [2.05, 4.69) is 19.9 Å². The molecule has 0 saturated carbocycles. The van der Waals surface area contributed by atoms with Gasteiger partial charge in [0, 0.05) is 55.6 Å². The SMILES string of the molecule is N=C(Oc1cc(/C=C/c2ccc(OC(=O)c3cccnc3)c(OC(=N)c3cccnc3)c2)cc(OC(=N)c2cccnc2)c1)c1cccnc1. The van der Waals surface area contributed by atoms with Crippen molar-refractivity contribution in [3.63, 3.8) is 0 Å². The maximum absolute atomic E-state index is 12.9. The van der Waals surface area contributed by atoms with Gasteiger partial charge in [0.25, 0.3) is 0 Å². The summed E-state index contributed by atoms with van der Waals surface area (Å²) in [5.41, 5.74) is 2.89. The molecule has 50 heavy (non-hydrogen) atoms. The molecular weight excluding hydrogens is 634 g/mol. The van der Waals surface area contributed by atoms with Crippen molar-refractivity contribution in [3.05, 3.63) is 168 Å². The molecule has 0 radical (unpaired) electrons. The molecule has 0 unspecified atom stereocenters. The Morgan fingerprint density at radius 3 is 1.42 bits per heavy atom. The largest absolute Gasteiger partial charge is 0.439 e. The molecule has 6 rings (SSSR count). The van der Waals surface area contributed by atoms with Crippen molar-refractivity contribution < 1.29 is 23.7 Å². The Bertz CT molecular complexity index is 2110. The summed E-state index contributed by atoms with van der Waals surface area (Å²) in [5.74, 6) is -0.284. The number of ether oxygens (including phenoxy) is 4. The number of rotatable bonds is 10. The lowest BCUT2D eigenvalue weighted by molar-refractivity contribution is 0.0730. The van der Waals surface area contributed by atoms with Crippen LogP contribution in [0.25, 0.3) is 12.2 Å². The normalized spacial score (nSPS) is 10.6. The smallest absolute Gasteiger partial charge is 0.345 e. The zero-order valence-corrected chi connectivity index (χ0v) is 26.2. The monoisotopic (exact) mass is 661 g/mol. The first-order chi connectivity index (χ1) is 24.4. The fourth-order valence-corrected chi connectivity index (χ4v) is 4.45. The molecule has 0 atom stereocenters. The van der Waals surface area contributed by atoms with Crippen LogP contribution in [0.15, 0.2) is 135 Å². The Morgan fingerprint density at radius 1 is 0.480 bits per heavy atom. The molecule has 0 spiro atoms. The second-order valence-corrected chi connectivity index (χ2v) is 10.4. The lowest BCUT2D eigenvalue weighted by Crippen LogP contribution is -2.13. The summed E-state index contributed by atoms with van der Waals surface area (Å²) in [6, 6.07) is 23.3. The molecule has 0 amide bonds. The van der Waals surface area contributed by atoms with Gasteiger partial charge >= 0.3 is 5.97 Å². The fraction of sp³-hybridized carbons (Fsp3) is 0. The van der Waals surface area contributed by atoms with E-state index in [-0.39, 0.29) is 34.8 Å². The van der Waals surface area contributed by atoms with Crippen LogP contribution in [-0.4, -0.2) is 43.6 Å². The summed E-state index contributed by atoms with van der Waals surface area (Å²) < 4.78 is 23.3. The van der Waals surface area contributed by atoms with Gasteiger partial charge in [-0.05, 0) is 83.9 Å². The maximum Gasteiger partial charge on any atom is 0.345 e. The summed E-state index contributed by atoms with van der Waals surface area (Å²) >= 11 is 0.